The minimum Gasteiger partial charge on any atom is -0.444 e. The van der Waals surface area contributed by atoms with Gasteiger partial charge in [0, 0.05) is 31.7 Å². The molecule has 7 nitrogen and oxygen atoms in total. The van der Waals surface area contributed by atoms with Crippen molar-refractivity contribution < 1.29 is 9.53 Å². The highest BCUT2D eigenvalue weighted by Crippen LogP contribution is 2.11. The van der Waals surface area contributed by atoms with Crippen molar-refractivity contribution in [3.8, 4) is 0 Å². The first-order chi connectivity index (χ1) is 10.3. The van der Waals surface area contributed by atoms with E-state index < -0.39 is 11.7 Å². The number of hydrogen-bond acceptors (Lipinski definition) is 5. The Kier molecular flexibility index (Phi) is 6.03. The summed E-state index contributed by atoms with van der Waals surface area (Å²) in [6, 6.07) is 0. The van der Waals surface area contributed by atoms with Gasteiger partial charge in [0.1, 0.15) is 5.60 Å². The number of amides is 1. The van der Waals surface area contributed by atoms with Crippen molar-refractivity contribution in [2.75, 3.05) is 13.6 Å². The van der Waals surface area contributed by atoms with Gasteiger partial charge < -0.3 is 21.1 Å². The number of nitrogens with two attached hydrogens (primary N) is 2. The van der Waals surface area contributed by atoms with Gasteiger partial charge in [-0.15, -0.1) is 0 Å². The SMILES string of the molecule is CN=C(C(N)=CN)N1C=CC(NC(=O)OC(C)(C)C)=CCC1. The molecule has 0 bridgehead atoms. The lowest BCUT2D eigenvalue weighted by atomic mass is 10.2. The van der Waals surface area contributed by atoms with Crippen molar-refractivity contribution in [2.24, 2.45) is 16.5 Å². The van der Waals surface area contributed by atoms with Crippen molar-refractivity contribution in [1.82, 2.24) is 10.2 Å². The Morgan fingerprint density at radius 1 is 1.50 bits per heavy atom. The van der Waals surface area contributed by atoms with Gasteiger partial charge in [0.25, 0.3) is 0 Å². The highest BCUT2D eigenvalue weighted by atomic mass is 16.6. The molecule has 0 unspecified atom stereocenters. The quantitative estimate of drug-likeness (QED) is 0.528. The van der Waals surface area contributed by atoms with Gasteiger partial charge >= 0.3 is 6.09 Å². The molecule has 0 aliphatic carbocycles. The maximum atomic E-state index is 11.8. The molecule has 5 N–H and O–H groups in total. The number of amidine groups is 1. The summed E-state index contributed by atoms with van der Waals surface area (Å²) in [5.74, 6) is 0.589. The van der Waals surface area contributed by atoms with E-state index in [0.29, 0.717) is 23.8 Å². The fourth-order valence-electron chi connectivity index (χ4n) is 1.86. The Labute approximate surface area is 131 Å². The number of aliphatic imine (C=N–C) groups is 1. The number of ether oxygens (including phenoxy) is 1. The molecule has 0 aromatic carbocycles. The molecule has 1 aliphatic rings. The number of alkyl carbamates (subject to hydrolysis) is 1. The zero-order valence-electron chi connectivity index (χ0n) is 13.6. The molecule has 1 aliphatic heterocycles. The molecule has 22 heavy (non-hydrogen) atoms. The third-order valence-corrected chi connectivity index (χ3v) is 2.74. The van der Waals surface area contributed by atoms with Gasteiger partial charge in [-0.25, -0.2) is 4.79 Å². The van der Waals surface area contributed by atoms with Crippen LogP contribution in [0.3, 0.4) is 0 Å². The molecule has 1 amide bonds. The summed E-state index contributed by atoms with van der Waals surface area (Å²) in [5, 5.41) is 2.71. The second-order valence-electron chi connectivity index (χ2n) is 5.75. The molecule has 0 saturated heterocycles. The van der Waals surface area contributed by atoms with Gasteiger partial charge in [0.15, 0.2) is 5.84 Å². The molecular formula is C15H25N5O2. The van der Waals surface area contributed by atoms with Crippen LogP contribution in [0.15, 0.2) is 40.9 Å². The Morgan fingerprint density at radius 3 is 2.73 bits per heavy atom. The average molecular weight is 307 g/mol. The van der Waals surface area contributed by atoms with Crippen LogP contribution in [0.1, 0.15) is 27.2 Å². The number of nitrogens with one attached hydrogen (secondary N) is 1. The Morgan fingerprint density at radius 2 is 2.18 bits per heavy atom. The lowest BCUT2D eigenvalue weighted by molar-refractivity contribution is 0.0548. The largest absolute Gasteiger partial charge is 0.444 e. The lowest BCUT2D eigenvalue weighted by Gasteiger charge is -2.20. The van der Waals surface area contributed by atoms with E-state index in [1.807, 2.05) is 31.7 Å². The van der Waals surface area contributed by atoms with Crippen molar-refractivity contribution in [3.05, 3.63) is 35.9 Å². The highest BCUT2D eigenvalue weighted by Gasteiger charge is 2.17. The van der Waals surface area contributed by atoms with Crippen LogP contribution in [0, 0.1) is 0 Å². The summed E-state index contributed by atoms with van der Waals surface area (Å²) < 4.78 is 5.22. The van der Waals surface area contributed by atoms with E-state index in [0.717, 1.165) is 6.42 Å². The summed E-state index contributed by atoms with van der Waals surface area (Å²) >= 11 is 0. The number of carbonyl (C=O) groups is 1. The minimum absolute atomic E-state index is 0.399. The van der Waals surface area contributed by atoms with Crippen LogP contribution in [0.25, 0.3) is 0 Å². The minimum atomic E-state index is -0.534. The summed E-state index contributed by atoms with van der Waals surface area (Å²) in [6.07, 6.45) is 7.03. The Hall–Kier alpha value is -2.44. The number of allylic oxidation sites excluding steroid dienone is 1. The fourth-order valence-corrected chi connectivity index (χ4v) is 1.86. The van der Waals surface area contributed by atoms with Crippen molar-refractivity contribution in [3.63, 3.8) is 0 Å². The van der Waals surface area contributed by atoms with Gasteiger partial charge in [0.2, 0.25) is 0 Å². The number of nitrogens with zero attached hydrogens (tertiary/aromatic N) is 2. The monoisotopic (exact) mass is 307 g/mol. The highest BCUT2D eigenvalue weighted by molar-refractivity contribution is 5.98. The van der Waals surface area contributed by atoms with Crippen LogP contribution < -0.4 is 16.8 Å². The van der Waals surface area contributed by atoms with E-state index in [1.54, 1.807) is 19.3 Å². The van der Waals surface area contributed by atoms with Gasteiger partial charge in [-0.05, 0) is 33.3 Å². The molecule has 1 heterocycles. The predicted octanol–water partition coefficient (Wildman–Crippen LogP) is 1.40. The first-order valence-corrected chi connectivity index (χ1v) is 7.06. The average Bonchev–Trinajstić information content (AvgIpc) is 2.63. The molecular weight excluding hydrogens is 282 g/mol. The second kappa shape index (κ2) is 7.53. The lowest BCUT2D eigenvalue weighted by Crippen LogP contribution is -2.32. The standard InChI is InChI=1S/C15H25N5O2/c1-15(2,3)22-14(21)19-11-6-5-8-20(9-7-11)13(18-4)12(17)10-16/h6-7,9-10H,5,8,16-17H2,1-4H3,(H,19,21). The Balaban J connectivity index is 2.74. The van der Waals surface area contributed by atoms with E-state index in [-0.39, 0.29) is 0 Å². The second-order valence-corrected chi connectivity index (χ2v) is 5.75. The summed E-state index contributed by atoms with van der Waals surface area (Å²) in [4.78, 5) is 17.8. The van der Waals surface area contributed by atoms with Gasteiger partial charge in [0.05, 0.1) is 5.70 Å². The number of carbonyl (C=O) groups excluding carboxylic acids is 1. The van der Waals surface area contributed by atoms with Crippen LogP contribution >= 0.6 is 0 Å². The molecule has 0 atom stereocenters. The number of rotatable bonds is 2. The third-order valence-electron chi connectivity index (χ3n) is 2.74. The van der Waals surface area contributed by atoms with Gasteiger partial charge in [-0.3, -0.25) is 10.3 Å². The van der Waals surface area contributed by atoms with Crippen LogP contribution in [0.5, 0.6) is 0 Å². The van der Waals surface area contributed by atoms with Crippen LogP contribution in [0.4, 0.5) is 4.79 Å². The predicted molar refractivity (Wildman–Crippen MR) is 87.7 cm³/mol. The van der Waals surface area contributed by atoms with Gasteiger partial charge in [-0.1, -0.05) is 6.08 Å². The zero-order chi connectivity index (χ0) is 16.8. The van der Waals surface area contributed by atoms with Crippen molar-refractivity contribution >= 4 is 11.9 Å². The molecule has 1 rings (SSSR count). The molecule has 0 radical (unpaired) electrons. The zero-order valence-corrected chi connectivity index (χ0v) is 13.6. The molecule has 0 aromatic rings. The summed E-state index contributed by atoms with van der Waals surface area (Å²) in [7, 11) is 1.65. The van der Waals surface area contributed by atoms with E-state index >= 15 is 0 Å². The van der Waals surface area contributed by atoms with Crippen molar-refractivity contribution in [1.29, 1.82) is 0 Å². The molecule has 122 valence electrons. The molecule has 0 aromatic heterocycles. The first-order valence-electron chi connectivity index (χ1n) is 7.06. The molecule has 0 spiro atoms. The smallest absolute Gasteiger partial charge is 0.412 e. The first kappa shape index (κ1) is 17.6. The fraction of sp³-hybridized carbons (Fsp3) is 0.467. The van der Waals surface area contributed by atoms with E-state index in [4.69, 9.17) is 16.2 Å². The van der Waals surface area contributed by atoms with E-state index in [9.17, 15) is 4.79 Å². The van der Waals surface area contributed by atoms with E-state index in [2.05, 4.69) is 10.3 Å². The maximum Gasteiger partial charge on any atom is 0.412 e. The number of hydrogen-bond donors (Lipinski definition) is 3. The topological polar surface area (TPSA) is 106 Å². The summed E-state index contributed by atoms with van der Waals surface area (Å²) in [6.45, 7) is 6.13. The molecule has 0 fully saturated rings. The third kappa shape index (κ3) is 5.51. The van der Waals surface area contributed by atoms with Crippen molar-refractivity contribution in [2.45, 2.75) is 32.8 Å². The van der Waals surface area contributed by atoms with Crippen LogP contribution in [-0.4, -0.2) is 36.0 Å². The molecule has 0 saturated carbocycles. The van der Waals surface area contributed by atoms with E-state index in [1.165, 1.54) is 6.20 Å². The maximum absolute atomic E-state index is 11.8. The molecule has 7 heteroatoms. The summed E-state index contributed by atoms with van der Waals surface area (Å²) in [5.41, 5.74) is 11.8. The van der Waals surface area contributed by atoms with Crippen LogP contribution in [-0.2, 0) is 4.74 Å². The Bertz CT molecular complexity index is 527. The van der Waals surface area contributed by atoms with Gasteiger partial charge in [-0.2, -0.15) is 0 Å². The van der Waals surface area contributed by atoms with Crippen LogP contribution in [0.2, 0.25) is 0 Å². The normalized spacial score (nSPS) is 16.9.